The van der Waals surface area contributed by atoms with Crippen LogP contribution in [0, 0.1) is 6.92 Å². The molecule has 1 amide bonds. The molecule has 1 fully saturated rings. The minimum absolute atomic E-state index is 0.0462. The summed E-state index contributed by atoms with van der Waals surface area (Å²) >= 11 is 7.56. The number of hydrogen-bond donors (Lipinski definition) is 1. The highest BCUT2D eigenvalue weighted by Crippen LogP contribution is 2.33. The van der Waals surface area contributed by atoms with Gasteiger partial charge in [-0.15, -0.1) is 0 Å². The number of halogens is 1. The molecular weight excluding hydrogens is 446 g/mol. The third kappa shape index (κ3) is 4.50. The zero-order valence-electron chi connectivity index (χ0n) is 18.4. The maximum absolute atomic E-state index is 13.6. The van der Waals surface area contributed by atoms with Crippen LogP contribution in [0.25, 0.3) is 16.6 Å². The van der Waals surface area contributed by atoms with Gasteiger partial charge < -0.3 is 10.1 Å². The second kappa shape index (κ2) is 9.55. The number of hydrogen-bond acceptors (Lipinski definition) is 5. The smallest absolute Gasteiger partial charge is 0.266 e. The Bertz CT molecular complexity index is 1220. The molecule has 1 N–H and O–H groups in total. The molecule has 0 aliphatic heterocycles. The van der Waals surface area contributed by atoms with Crippen molar-refractivity contribution in [1.29, 1.82) is 0 Å². The molecule has 0 bridgehead atoms. The predicted molar refractivity (Wildman–Crippen MR) is 129 cm³/mol. The molecule has 1 atom stereocenters. The predicted octanol–water partition coefficient (Wildman–Crippen LogP) is 4.90. The summed E-state index contributed by atoms with van der Waals surface area (Å²) in [5.74, 6) is 0.416. The van der Waals surface area contributed by atoms with Gasteiger partial charge in [-0.2, -0.15) is 0 Å². The Morgan fingerprint density at radius 1 is 1.28 bits per heavy atom. The van der Waals surface area contributed by atoms with Crippen LogP contribution >= 0.6 is 23.4 Å². The van der Waals surface area contributed by atoms with Gasteiger partial charge in [-0.25, -0.2) is 4.98 Å². The molecular formula is C24H26ClN3O3S. The molecule has 0 spiro atoms. The first kappa shape index (κ1) is 22.7. The topological polar surface area (TPSA) is 73.2 Å². The molecule has 1 aromatic heterocycles. The van der Waals surface area contributed by atoms with E-state index in [9.17, 15) is 9.59 Å². The van der Waals surface area contributed by atoms with Gasteiger partial charge in [-0.05, 0) is 50.5 Å². The maximum atomic E-state index is 13.6. The van der Waals surface area contributed by atoms with Gasteiger partial charge in [0.15, 0.2) is 5.16 Å². The van der Waals surface area contributed by atoms with Gasteiger partial charge in [0.05, 0.1) is 29.0 Å². The van der Waals surface area contributed by atoms with E-state index in [1.54, 1.807) is 18.2 Å². The fraction of sp³-hybridized carbons (Fsp3) is 0.375. The number of para-hydroxylation sites is 1. The number of benzene rings is 2. The fourth-order valence-electron chi connectivity index (χ4n) is 3.99. The van der Waals surface area contributed by atoms with Gasteiger partial charge in [-0.1, -0.05) is 48.3 Å². The number of amides is 1. The van der Waals surface area contributed by atoms with Crippen molar-refractivity contribution in [2.45, 2.75) is 56.0 Å². The van der Waals surface area contributed by atoms with Gasteiger partial charge in [0, 0.05) is 17.1 Å². The summed E-state index contributed by atoms with van der Waals surface area (Å²) in [6.45, 7) is 3.71. The van der Waals surface area contributed by atoms with E-state index in [0.717, 1.165) is 31.2 Å². The highest BCUT2D eigenvalue weighted by molar-refractivity contribution is 8.00. The minimum atomic E-state index is -0.422. The number of thioether (sulfide) groups is 1. The zero-order valence-corrected chi connectivity index (χ0v) is 19.9. The number of nitrogens with zero attached hydrogens (tertiary/aromatic N) is 2. The molecule has 1 aliphatic carbocycles. The number of carbonyl (C=O) groups is 1. The molecule has 1 aliphatic rings. The lowest BCUT2D eigenvalue weighted by atomic mass is 10.2. The second-order valence-corrected chi connectivity index (χ2v) is 9.79. The SMILES string of the molecule is COc1cc(Cl)c(C)cc1-n1c(SC(C)C(=O)NC2CCCC2)nc2ccccc2c1=O. The van der Waals surface area contributed by atoms with Crippen molar-refractivity contribution in [1.82, 2.24) is 14.9 Å². The molecule has 3 aromatic rings. The van der Waals surface area contributed by atoms with E-state index in [1.165, 1.54) is 23.4 Å². The summed E-state index contributed by atoms with van der Waals surface area (Å²) < 4.78 is 7.06. The average molecular weight is 472 g/mol. The Morgan fingerprint density at radius 2 is 2.00 bits per heavy atom. The maximum Gasteiger partial charge on any atom is 0.266 e. The van der Waals surface area contributed by atoms with Crippen LogP contribution in [0.1, 0.15) is 38.2 Å². The van der Waals surface area contributed by atoms with Crippen LogP contribution in [-0.4, -0.2) is 33.9 Å². The van der Waals surface area contributed by atoms with Crippen molar-refractivity contribution in [2.75, 3.05) is 7.11 Å². The van der Waals surface area contributed by atoms with Gasteiger partial charge >= 0.3 is 0 Å². The first-order chi connectivity index (χ1) is 15.4. The van der Waals surface area contributed by atoms with Crippen LogP contribution in [-0.2, 0) is 4.79 Å². The van der Waals surface area contributed by atoms with Crippen LogP contribution < -0.4 is 15.6 Å². The zero-order chi connectivity index (χ0) is 22.8. The number of nitrogens with one attached hydrogen (secondary N) is 1. The molecule has 0 radical (unpaired) electrons. The van der Waals surface area contributed by atoms with Crippen molar-refractivity contribution >= 4 is 40.2 Å². The first-order valence-electron chi connectivity index (χ1n) is 10.7. The van der Waals surface area contributed by atoms with Crippen LogP contribution in [0.2, 0.25) is 5.02 Å². The van der Waals surface area contributed by atoms with Crippen molar-refractivity contribution in [3.05, 3.63) is 57.3 Å². The Kier molecular flexibility index (Phi) is 6.76. The number of carbonyl (C=O) groups excluding carboxylic acids is 1. The Balaban J connectivity index is 1.81. The Hall–Kier alpha value is -2.51. The van der Waals surface area contributed by atoms with Gasteiger partial charge in [-0.3, -0.25) is 14.2 Å². The third-order valence-corrected chi connectivity index (χ3v) is 7.26. The lowest BCUT2D eigenvalue weighted by Gasteiger charge is -2.20. The van der Waals surface area contributed by atoms with E-state index < -0.39 is 5.25 Å². The molecule has 1 saturated carbocycles. The standard InChI is InChI=1S/C24H26ClN3O3S/c1-14-12-20(21(31-3)13-18(14)25)28-23(30)17-10-6-7-11-19(17)27-24(28)32-15(2)22(29)26-16-8-4-5-9-16/h6-7,10-13,15-16H,4-5,8-9H2,1-3H3,(H,26,29). The van der Waals surface area contributed by atoms with Crippen molar-refractivity contribution in [3.8, 4) is 11.4 Å². The van der Waals surface area contributed by atoms with E-state index in [4.69, 9.17) is 21.3 Å². The van der Waals surface area contributed by atoms with Gasteiger partial charge in [0.1, 0.15) is 5.75 Å². The quantitative estimate of drug-likeness (QED) is 0.409. The summed E-state index contributed by atoms with van der Waals surface area (Å²) in [6.07, 6.45) is 4.33. The largest absolute Gasteiger partial charge is 0.495 e. The summed E-state index contributed by atoms with van der Waals surface area (Å²) in [4.78, 5) is 31.1. The molecule has 0 saturated heterocycles. The summed E-state index contributed by atoms with van der Waals surface area (Å²) in [7, 11) is 1.54. The number of methoxy groups -OCH3 is 1. The monoisotopic (exact) mass is 471 g/mol. The van der Waals surface area contributed by atoms with Crippen molar-refractivity contribution in [3.63, 3.8) is 0 Å². The molecule has 32 heavy (non-hydrogen) atoms. The second-order valence-electron chi connectivity index (χ2n) is 8.08. The van der Waals surface area contributed by atoms with E-state index in [-0.39, 0.29) is 17.5 Å². The molecule has 168 valence electrons. The molecule has 8 heteroatoms. The van der Waals surface area contributed by atoms with E-state index in [2.05, 4.69) is 5.32 Å². The molecule has 2 aromatic carbocycles. The van der Waals surface area contributed by atoms with Crippen LogP contribution in [0.5, 0.6) is 5.75 Å². The lowest BCUT2D eigenvalue weighted by Crippen LogP contribution is -2.38. The lowest BCUT2D eigenvalue weighted by molar-refractivity contribution is -0.120. The first-order valence-corrected chi connectivity index (χ1v) is 12.0. The highest BCUT2D eigenvalue weighted by Gasteiger charge is 2.25. The van der Waals surface area contributed by atoms with Crippen LogP contribution in [0.4, 0.5) is 0 Å². The number of rotatable bonds is 6. The summed E-state index contributed by atoms with van der Waals surface area (Å²) in [5.41, 5.74) is 1.72. The molecule has 4 rings (SSSR count). The average Bonchev–Trinajstić information content (AvgIpc) is 3.29. The third-order valence-electron chi connectivity index (χ3n) is 5.80. The van der Waals surface area contributed by atoms with Gasteiger partial charge in [0.25, 0.3) is 5.56 Å². The Labute approximate surface area is 196 Å². The van der Waals surface area contributed by atoms with E-state index >= 15 is 0 Å². The summed E-state index contributed by atoms with van der Waals surface area (Å²) in [5, 5.41) is 4.19. The normalized spacial score (nSPS) is 15.1. The number of aryl methyl sites for hydroxylation is 1. The van der Waals surface area contributed by atoms with Crippen LogP contribution in [0.15, 0.2) is 46.3 Å². The van der Waals surface area contributed by atoms with E-state index in [1.807, 2.05) is 32.0 Å². The number of ether oxygens (including phenoxy) is 1. The highest BCUT2D eigenvalue weighted by atomic mass is 35.5. The van der Waals surface area contributed by atoms with Crippen LogP contribution in [0.3, 0.4) is 0 Å². The number of fused-ring (bicyclic) bond motifs is 1. The Morgan fingerprint density at radius 3 is 2.72 bits per heavy atom. The molecule has 1 unspecified atom stereocenters. The molecule has 6 nitrogen and oxygen atoms in total. The van der Waals surface area contributed by atoms with E-state index in [0.29, 0.717) is 32.5 Å². The van der Waals surface area contributed by atoms with Gasteiger partial charge in [0.2, 0.25) is 5.91 Å². The fourth-order valence-corrected chi connectivity index (χ4v) is 5.07. The van der Waals surface area contributed by atoms with Crippen molar-refractivity contribution in [2.24, 2.45) is 0 Å². The summed E-state index contributed by atoms with van der Waals surface area (Å²) in [6, 6.07) is 10.9. The number of aromatic nitrogens is 2. The van der Waals surface area contributed by atoms with Crippen molar-refractivity contribution < 1.29 is 9.53 Å². The minimum Gasteiger partial charge on any atom is -0.495 e. The molecule has 1 heterocycles.